The van der Waals surface area contributed by atoms with Gasteiger partial charge in [0.2, 0.25) is 5.91 Å². The summed E-state index contributed by atoms with van der Waals surface area (Å²) in [6.45, 7) is 2.38. The van der Waals surface area contributed by atoms with Crippen molar-refractivity contribution in [2.24, 2.45) is 17.8 Å². The van der Waals surface area contributed by atoms with Gasteiger partial charge in [-0.05, 0) is 82.5 Å². The Morgan fingerprint density at radius 3 is 2.03 bits per heavy atom. The zero-order chi connectivity index (χ0) is 21.4. The van der Waals surface area contributed by atoms with Crippen LogP contribution in [0.25, 0.3) is 0 Å². The molecule has 2 atom stereocenters. The van der Waals surface area contributed by atoms with Crippen LogP contribution in [0.2, 0.25) is 0 Å². The van der Waals surface area contributed by atoms with Gasteiger partial charge in [-0.3, -0.25) is 9.59 Å². The van der Waals surface area contributed by atoms with E-state index in [0.29, 0.717) is 44.9 Å². The van der Waals surface area contributed by atoms with E-state index in [-0.39, 0.29) is 11.8 Å². The average Bonchev–Trinajstić information content (AvgIpc) is 3.61. The maximum Gasteiger partial charge on any atom is 0.254 e. The number of piperazine rings is 1. The molecule has 2 unspecified atom stereocenters. The summed E-state index contributed by atoms with van der Waals surface area (Å²) in [5, 5.41) is 14.2. The summed E-state index contributed by atoms with van der Waals surface area (Å²) >= 11 is 0. The first-order chi connectivity index (χ1) is 15.0. The molecule has 0 aromatic heterocycles. The van der Waals surface area contributed by atoms with Crippen LogP contribution in [0.1, 0.15) is 83.5 Å². The first-order valence-electron chi connectivity index (χ1n) is 13.1. The fourth-order valence-electron chi connectivity index (χ4n) is 6.64. The number of aliphatic hydroxyl groups is 1. The van der Waals surface area contributed by atoms with Crippen molar-refractivity contribution in [2.45, 2.75) is 101 Å². The van der Waals surface area contributed by atoms with Gasteiger partial charge in [0.05, 0.1) is 0 Å². The first-order valence-corrected chi connectivity index (χ1v) is 13.1. The molecule has 5 fully saturated rings. The molecule has 6 nitrogen and oxygen atoms in total. The molecule has 1 saturated heterocycles. The minimum Gasteiger partial charge on any atom is -0.380 e. The molecule has 31 heavy (non-hydrogen) atoms. The Labute approximate surface area is 187 Å². The second-order valence-electron chi connectivity index (χ2n) is 11.2. The minimum absolute atomic E-state index is 0.117. The number of nitrogens with zero attached hydrogens (tertiary/aromatic N) is 2. The third kappa shape index (κ3) is 4.80. The zero-order valence-corrected chi connectivity index (χ0v) is 19.1. The molecule has 2 N–H and O–H groups in total. The summed E-state index contributed by atoms with van der Waals surface area (Å²) in [5.41, 5.74) is -1.11. The highest BCUT2D eigenvalue weighted by atomic mass is 16.3. The molecule has 2 amide bonds. The molecule has 1 aliphatic heterocycles. The van der Waals surface area contributed by atoms with Crippen molar-refractivity contribution < 1.29 is 14.7 Å². The van der Waals surface area contributed by atoms with Crippen LogP contribution in [0.5, 0.6) is 0 Å². The van der Waals surface area contributed by atoms with Crippen LogP contribution in [0.15, 0.2) is 0 Å². The van der Waals surface area contributed by atoms with Crippen LogP contribution in [0.4, 0.5) is 0 Å². The normalized spacial score (nSPS) is 36.0. The Bertz CT molecular complexity index is 659. The van der Waals surface area contributed by atoms with Crippen LogP contribution in [0, 0.1) is 17.8 Å². The summed E-state index contributed by atoms with van der Waals surface area (Å²) in [6, 6.07) is 1.55. The topological polar surface area (TPSA) is 72.9 Å². The molecule has 5 aliphatic rings. The fraction of sp³-hybridized carbons (Fsp3) is 0.920. The van der Waals surface area contributed by atoms with Crippen molar-refractivity contribution in [1.29, 1.82) is 0 Å². The fourth-order valence-corrected chi connectivity index (χ4v) is 6.64. The lowest BCUT2D eigenvalue weighted by atomic mass is 9.70. The maximum absolute atomic E-state index is 13.1. The van der Waals surface area contributed by atoms with Crippen LogP contribution < -0.4 is 5.32 Å². The lowest BCUT2D eigenvalue weighted by molar-refractivity contribution is -0.163. The highest BCUT2D eigenvalue weighted by Gasteiger charge is 2.45. The Balaban J connectivity index is 1.05. The van der Waals surface area contributed by atoms with Gasteiger partial charge in [0.25, 0.3) is 5.91 Å². The molecule has 0 spiro atoms. The maximum atomic E-state index is 13.1. The quantitative estimate of drug-likeness (QED) is 0.702. The van der Waals surface area contributed by atoms with Gasteiger partial charge < -0.3 is 20.2 Å². The number of nitrogens with one attached hydrogen (secondary N) is 1. The molecule has 4 aliphatic carbocycles. The second kappa shape index (κ2) is 9.01. The average molecular weight is 432 g/mol. The van der Waals surface area contributed by atoms with E-state index in [0.717, 1.165) is 43.2 Å². The Kier molecular flexibility index (Phi) is 6.31. The van der Waals surface area contributed by atoms with E-state index in [9.17, 15) is 14.7 Å². The number of hydrogen-bond donors (Lipinski definition) is 2. The van der Waals surface area contributed by atoms with Crippen molar-refractivity contribution >= 4 is 11.8 Å². The van der Waals surface area contributed by atoms with Gasteiger partial charge in [0.1, 0.15) is 5.60 Å². The van der Waals surface area contributed by atoms with E-state index < -0.39 is 5.60 Å². The lowest BCUT2D eigenvalue weighted by Gasteiger charge is -2.43. The summed E-state index contributed by atoms with van der Waals surface area (Å²) in [4.78, 5) is 29.4. The standard InChI is InChI=1S/C25H41N3O3/c29-23(27-13-15-28(16-14-27)24(30)25(31)11-2-12-25)19-7-5-18(6-8-19)20-3-1-4-22(17-20)26-21-9-10-21/h18-22,26,31H,1-17H2. The highest BCUT2D eigenvalue weighted by molar-refractivity contribution is 5.86. The van der Waals surface area contributed by atoms with E-state index >= 15 is 0 Å². The van der Waals surface area contributed by atoms with E-state index in [1.165, 1.54) is 51.4 Å². The SMILES string of the molecule is O=C(C1CCC(C2CCCC(NC3CC3)C2)CC1)N1CCN(C(=O)C2(O)CCC2)CC1. The Morgan fingerprint density at radius 2 is 1.42 bits per heavy atom. The van der Waals surface area contributed by atoms with Gasteiger partial charge in [-0.1, -0.05) is 12.8 Å². The van der Waals surface area contributed by atoms with Crippen molar-refractivity contribution in [3.8, 4) is 0 Å². The third-order valence-electron chi connectivity index (χ3n) is 9.01. The van der Waals surface area contributed by atoms with Gasteiger partial charge in [-0.15, -0.1) is 0 Å². The van der Waals surface area contributed by atoms with Gasteiger partial charge in [-0.25, -0.2) is 0 Å². The highest BCUT2D eigenvalue weighted by Crippen LogP contribution is 2.41. The van der Waals surface area contributed by atoms with Gasteiger partial charge in [0, 0.05) is 44.2 Å². The minimum atomic E-state index is -1.11. The van der Waals surface area contributed by atoms with E-state index in [2.05, 4.69) is 5.32 Å². The number of rotatable bonds is 5. The smallest absolute Gasteiger partial charge is 0.254 e. The molecule has 5 rings (SSSR count). The number of amides is 2. The lowest BCUT2D eigenvalue weighted by Crippen LogP contribution is -2.59. The monoisotopic (exact) mass is 431 g/mol. The second-order valence-corrected chi connectivity index (χ2v) is 11.2. The van der Waals surface area contributed by atoms with Crippen LogP contribution in [-0.2, 0) is 9.59 Å². The summed E-state index contributed by atoms with van der Waals surface area (Å²) in [6.07, 6.45) is 14.8. The van der Waals surface area contributed by atoms with Crippen LogP contribution in [-0.4, -0.2) is 70.6 Å². The zero-order valence-electron chi connectivity index (χ0n) is 19.1. The number of carbonyl (C=O) groups excluding carboxylic acids is 2. The summed E-state index contributed by atoms with van der Waals surface area (Å²) in [5.74, 6) is 2.04. The molecule has 0 aromatic carbocycles. The van der Waals surface area contributed by atoms with Gasteiger partial charge in [-0.2, -0.15) is 0 Å². The first kappa shape index (κ1) is 21.7. The van der Waals surface area contributed by atoms with Crippen molar-refractivity contribution in [1.82, 2.24) is 15.1 Å². The number of hydrogen-bond acceptors (Lipinski definition) is 4. The third-order valence-corrected chi connectivity index (χ3v) is 9.01. The molecule has 0 aromatic rings. The van der Waals surface area contributed by atoms with Crippen LogP contribution in [0.3, 0.4) is 0 Å². The molecule has 174 valence electrons. The Hall–Kier alpha value is -1.14. The van der Waals surface area contributed by atoms with Crippen molar-refractivity contribution in [3.05, 3.63) is 0 Å². The van der Waals surface area contributed by atoms with Crippen molar-refractivity contribution in [2.75, 3.05) is 26.2 Å². The molecular formula is C25H41N3O3. The summed E-state index contributed by atoms with van der Waals surface area (Å²) < 4.78 is 0. The summed E-state index contributed by atoms with van der Waals surface area (Å²) in [7, 11) is 0. The molecule has 4 saturated carbocycles. The van der Waals surface area contributed by atoms with Crippen molar-refractivity contribution in [3.63, 3.8) is 0 Å². The van der Waals surface area contributed by atoms with Crippen LogP contribution >= 0.6 is 0 Å². The van der Waals surface area contributed by atoms with E-state index in [1.54, 1.807) is 4.90 Å². The van der Waals surface area contributed by atoms with E-state index in [4.69, 9.17) is 0 Å². The van der Waals surface area contributed by atoms with E-state index in [1.807, 2.05) is 4.90 Å². The molecule has 0 radical (unpaired) electrons. The molecule has 6 heteroatoms. The molecule has 1 heterocycles. The van der Waals surface area contributed by atoms with Gasteiger partial charge in [0.15, 0.2) is 0 Å². The predicted octanol–water partition coefficient (Wildman–Crippen LogP) is 2.69. The Morgan fingerprint density at radius 1 is 0.742 bits per heavy atom. The predicted molar refractivity (Wildman–Crippen MR) is 119 cm³/mol. The number of carbonyl (C=O) groups is 2. The van der Waals surface area contributed by atoms with Gasteiger partial charge >= 0.3 is 0 Å². The largest absolute Gasteiger partial charge is 0.380 e. The molecular weight excluding hydrogens is 390 g/mol. The molecule has 0 bridgehead atoms.